The van der Waals surface area contributed by atoms with Gasteiger partial charge in [-0.2, -0.15) is 0 Å². The van der Waals surface area contributed by atoms with Crippen LogP contribution in [-0.2, 0) is 14.3 Å². The number of carboxylic acid groups (broad SMARTS) is 1. The van der Waals surface area contributed by atoms with E-state index in [1.165, 1.54) is 0 Å². The van der Waals surface area contributed by atoms with E-state index in [2.05, 4.69) is 0 Å². The van der Waals surface area contributed by atoms with Crippen molar-refractivity contribution in [2.24, 2.45) is 0 Å². The molecule has 1 unspecified atom stereocenters. The molecule has 2 saturated heterocycles. The van der Waals surface area contributed by atoms with Crippen LogP contribution in [0.25, 0.3) is 0 Å². The highest BCUT2D eigenvalue weighted by Gasteiger charge is 2.42. The second-order valence-electron chi connectivity index (χ2n) is 3.81. The van der Waals surface area contributed by atoms with E-state index < -0.39 is 18.5 Å². The van der Waals surface area contributed by atoms with Crippen LogP contribution in [-0.4, -0.2) is 65.2 Å². The summed E-state index contributed by atoms with van der Waals surface area (Å²) in [4.78, 5) is 36.0. The number of ether oxygens (including phenoxy) is 1. The molecule has 1 N–H and O–H groups in total. The van der Waals surface area contributed by atoms with Crippen molar-refractivity contribution in [3.05, 3.63) is 0 Å². The van der Waals surface area contributed by atoms with Gasteiger partial charge >= 0.3 is 12.0 Å². The van der Waals surface area contributed by atoms with E-state index in [1.807, 2.05) is 0 Å². The van der Waals surface area contributed by atoms with Gasteiger partial charge in [0, 0.05) is 6.61 Å². The first kappa shape index (κ1) is 10.9. The molecule has 7 nitrogen and oxygen atoms in total. The van der Waals surface area contributed by atoms with Gasteiger partial charge in [-0.1, -0.05) is 0 Å². The summed E-state index contributed by atoms with van der Waals surface area (Å²) in [7, 11) is 0. The van der Waals surface area contributed by atoms with E-state index >= 15 is 0 Å². The Kier molecular flexibility index (Phi) is 2.78. The summed E-state index contributed by atoms with van der Waals surface area (Å²) >= 11 is 0. The molecule has 2 rings (SSSR count). The van der Waals surface area contributed by atoms with Gasteiger partial charge in [0.05, 0.1) is 12.6 Å². The smallest absolute Gasteiger partial charge is 0.328 e. The van der Waals surface area contributed by atoms with Gasteiger partial charge in [-0.25, -0.2) is 4.79 Å². The molecular formula is C9H12N2O5. The van der Waals surface area contributed by atoms with Gasteiger partial charge in [0.2, 0.25) is 0 Å². The Labute approximate surface area is 91.6 Å². The number of rotatable bonds is 3. The molecule has 88 valence electrons. The summed E-state index contributed by atoms with van der Waals surface area (Å²) < 4.78 is 5.10. The summed E-state index contributed by atoms with van der Waals surface area (Å²) in [6, 6.07) is -0.762. The molecule has 0 bridgehead atoms. The van der Waals surface area contributed by atoms with Crippen LogP contribution < -0.4 is 0 Å². The predicted molar refractivity (Wildman–Crippen MR) is 50.7 cm³/mol. The van der Waals surface area contributed by atoms with E-state index in [9.17, 15) is 14.4 Å². The monoisotopic (exact) mass is 228 g/mol. The van der Waals surface area contributed by atoms with Crippen molar-refractivity contribution in [2.45, 2.75) is 12.5 Å². The highest BCUT2D eigenvalue weighted by atomic mass is 16.5. The number of carboxylic acids is 1. The molecule has 0 aromatic heterocycles. The van der Waals surface area contributed by atoms with Gasteiger partial charge in [-0.15, -0.1) is 0 Å². The van der Waals surface area contributed by atoms with Crippen molar-refractivity contribution in [2.75, 3.05) is 26.3 Å². The molecule has 0 saturated carbocycles. The SMILES string of the molecule is O=C(O)CN1CC(=O)N(C2CCOC2)C1=O. The first-order valence-electron chi connectivity index (χ1n) is 5.00. The Morgan fingerprint density at radius 1 is 1.50 bits per heavy atom. The number of amides is 3. The van der Waals surface area contributed by atoms with E-state index in [0.29, 0.717) is 19.6 Å². The number of imide groups is 1. The van der Waals surface area contributed by atoms with Crippen molar-refractivity contribution in [3.8, 4) is 0 Å². The maximum absolute atomic E-state index is 11.8. The van der Waals surface area contributed by atoms with Gasteiger partial charge in [0.1, 0.15) is 13.1 Å². The molecule has 0 aromatic carbocycles. The fourth-order valence-electron chi connectivity index (χ4n) is 1.94. The van der Waals surface area contributed by atoms with E-state index in [4.69, 9.17) is 9.84 Å². The van der Waals surface area contributed by atoms with Crippen LogP contribution in [0.5, 0.6) is 0 Å². The summed E-state index contributed by atoms with van der Waals surface area (Å²) in [5, 5.41) is 8.58. The molecule has 0 aliphatic carbocycles. The summed E-state index contributed by atoms with van der Waals surface area (Å²) in [6.45, 7) is 0.287. The van der Waals surface area contributed by atoms with Crippen molar-refractivity contribution in [1.82, 2.24) is 9.80 Å². The molecule has 0 radical (unpaired) electrons. The molecule has 3 amide bonds. The van der Waals surface area contributed by atoms with Crippen molar-refractivity contribution < 1.29 is 24.2 Å². The lowest BCUT2D eigenvalue weighted by Gasteiger charge is -2.20. The van der Waals surface area contributed by atoms with Crippen LogP contribution in [0, 0.1) is 0 Å². The van der Waals surface area contributed by atoms with Gasteiger partial charge < -0.3 is 14.7 Å². The first-order valence-corrected chi connectivity index (χ1v) is 5.00. The number of carbonyl (C=O) groups is 3. The molecule has 2 aliphatic heterocycles. The average molecular weight is 228 g/mol. The molecule has 0 spiro atoms. The Balaban J connectivity index is 2.06. The standard InChI is InChI=1S/C9H12N2O5/c12-7-3-10(4-8(13)14)9(15)11(7)6-1-2-16-5-6/h6H,1-5H2,(H,13,14). The Hall–Kier alpha value is -1.63. The van der Waals surface area contributed by atoms with E-state index in [-0.39, 0.29) is 18.5 Å². The van der Waals surface area contributed by atoms with Gasteiger partial charge in [0.15, 0.2) is 0 Å². The van der Waals surface area contributed by atoms with Crippen LogP contribution in [0.1, 0.15) is 6.42 Å². The third-order valence-electron chi connectivity index (χ3n) is 2.67. The number of nitrogens with zero attached hydrogens (tertiary/aromatic N) is 2. The third-order valence-corrected chi connectivity index (χ3v) is 2.67. The van der Waals surface area contributed by atoms with Crippen molar-refractivity contribution in [3.63, 3.8) is 0 Å². The molecule has 2 fully saturated rings. The van der Waals surface area contributed by atoms with Crippen LogP contribution >= 0.6 is 0 Å². The lowest BCUT2D eigenvalue weighted by atomic mass is 10.2. The van der Waals surface area contributed by atoms with Gasteiger partial charge in [-0.05, 0) is 6.42 Å². The minimum absolute atomic E-state index is 0.151. The van der Waals surface area contributed by atoms with Crippen LogP contribution in [0.4, 0.5) is 4.79 Å². The normalized spacial score (nSPS) is 25.6. The second kappa shape index (κ2) is 4.09. The molecule has 0 aromatic rings. The zero-order valence-corrected chi connectivity index (χ0v) is 8.59. The molecule has 2 heterocycles. The average Bonchev–Trinajstić information content (AvgIpc) is 2.76. The van der Waals surface area contributed by atoms with E-state index in [1.54, 1.807) is 0 Å². The van der Waals surface area contributed by atoms with Crippen LogP contribution in [0.2, 0.25) is 0 Å². The number of hydrogen-bond donors (Lipinski definition) is 1. The van der Waals surface area contributed by atoms with Crippen molar-refractivity contribution >= 4 is 17.9 Å². The molecule has 7 heteroatoms. The van der Waals surface area contributed by atoms with Crippen LogP contribution in [0.3, 0.4) is 0 Å². The molecule has 1 atom stereocenters. The Bertz CT molecular complexity index is 337. The number of hydrogen-bond acceptors (Lipinski definition) is 4. The number of urea groups is 1. The fraction of sp³-hybridized carbons (Fsp3) is 0.667. The van der Waals surface area contributed by atoms with E-state index in [0.717, 1.165) is 9.80 Å². The lowest BCUT2D eigenvalue weighted by molar-refractivity contribution is -0.137. The zero-order chi connectivity index (χ0) is 11.7. The third kappa shape index (κ3) is 1.85. The fourth-order valence-corrected chi connectivity index (χ4v) is 1.94. The molecular weight excluding hydrogens is 216 g/mol. The lowest BCUT2D eigenvalue weighted by Crippen LogP contribution is -2.42. The summed E-state index contributed by atoms with van der Waals surface area (Å²) in [5.41, 5.74) is 0. The number of carbonyl (C=O) groups excluding carboxylic acids is 2. The summed E-state index contributed by atoms with van der Waals surface area (Å²) in [6.07, 6.45) is 0.623. The zero-order valence-electron chi connectivity index (χ0n) is 8.59. The minimum atomic E-state index is -1.12. The van der Waals surface area contributed by atoms with Crippen molar-refractivity contribution in [1.29, 1.82) is 0 Å². The number of aliphatic carboxylic acids is 1. The predicted octanol–water partition coefficient (Wildman–Crippen LogP) is -0.876. The van der Waals surface area contributed by atoms with Crippen LogP contribution in [0.15, 0.2) is 0 Å². The first-order chi connectivity index (χ1) is 7.59. The quantitative estimate of drug-likeness (QED) is 0.634. The van der Waals surface area contributed by atoms with Gasteiger partial charge in [-0.3, -0.25) is 14.5 Å². The maximum atomic E-state index is 11.8. The maximum Gasteiger partial charge on any atom is 0.328 e. The highest BCUT2D eigenvalue weighted by molar-refractivity contribution is 6.03. The largest absolute Gasteiger partial charge is 0.480 e. The Morgan fingerprint density at radius 3 is 2.81 bits per heavy atom. The Morgan fingerprint density at radius 2 is 2.25 bits per heavy atom. The molecule has 2 aliphatic rings. The highest BCUT2D eigenvalue weighted by Crippen LogP contribution is 2.19. The van der Waals surface area contributed by atoms with Gasteiger partial charge in [0.25, 0.3) is 5.91 Å². The molecule has 16 heavy (non-hydrogen) atoms. The topological polar surface area (TPSA) is 87.2 Å². The second-order valence-corrected chi connectivity index (χ2v) is 3.81. The minimum Gasteiger partial charge on any atom is -0.480 e. The summed E-state index contributed by atoms with van der Waals surface area (Å²) in [5.74, 6) is -1.47.